The first kappa shape index (κ1) is 13.1. The van der Waals surface area contributed by atoms with Gasteiger partial charge in [0.25, 0.3) is 0 Å². The molecule has 0 N–H and O–H groups in total. The Balaban J connectivity index is 0.000000531. The van der Waals surface area contributed by atoms with Crippen LogP contribution in [0, 0.1) is 6.92 Å². The summed E-state index contributed by atoms with van der Waals surface area (Å²) in [6.45, 7) is 5.93. The highest BCUT2D eigenvalue weighted by molar-refractivity contribution is 14.2. The van der Waals surface area contributed by atoms with Gasteiger partial charge in [0, 0.05) is 41.9 Å². The van der Waals surface area contributed by atoms with Crippen LogP contribution < -0.4 is 0 Å². The van der Waals surface area contributed by atoms with E-state index >= 15 is 0 Å². The molecule has 2 aromatic rings. The number of aromatic nitrogens is 3. The molecule has 6 heteroatoms. The number of hydrogen-bond donors (Lipinski definition) is 0. The molecule has 82 valence electrons. The van der Waals surface area contributed by atoms with E-state index in [1.807, 2.05) is 37.0 Å². The normalized spacial score (nSPS) is 9.93. The molecule has 3 nitrogen and oxygen atoms in total. The van der Waals surface area contributed by atoms with Gasteiger partial charge in [0.2, 0.25) is 5.28 Å². The molecule has 0 atom stereocenters. The van der Waals surface area contributed by atoms with Crippen molar-refractivity contribution in [3.63, 3.8) is 0 Å². The van der Waals surface area contributed by atoms with Crippen molar-refractivity contribution in [1.82, 2.24) is 13.9 Å². The molecule has 15 heavy (non-hydrogen) atoms. The summed E-state index contributed by atoms with van der Waals surface area (Å²) in [5, 5.41) is 1.35. The Bertz CT molecular complexity index is 458. The second kappa shape index (κ2) is 5.91. The van der Waals surface area contributed by atoms with Crippen molar-refractivity contribution in [3.05, 3.63) is 23.2 Å². The van der Waals surface area contributed by atoms with Gasteiger partial charge in [0.15, 0.2) is 5.65 Å². The highest BCUT2D eigenvalue weighted by atomic mass is 127. The molecule has 0 bridgehead atoms. The fourth-order valence-corrected chi connectivity index (χ4v) is 2.64. The van der Waals surface area contributed by atoms with Crippen molar-refractivity contribution in [3.8, 4) is 0 Å². The second-order valence-electron chi connectivity index (χ2n) is 2.53. The van der Waals surface area contributed by atoms with Gasteiger partial charge in [-0.05, 0) is 24.6 Å². The van der Waals surface area contributed by atoms with E-state index < -0.39 is 0 Å². The number of aryl methyl sites for hydroxylation is 1. The van der Waals surface area contributed by atoms with Gasteiger partial charge in [-0.2, -0.15) is 4.98 Å². The van der Waals surface area contributed by atoms with Crippen LogP contribution in [0.5, 0.6) is 0 Å². The molecule has 2 aromatic heterocycles. The average Bonchev–Trinajstić information content (AvgIpc) is 2.64. The minimum Gasteiger partial charge on any atom is -0.266 e. The quantitative estimate of drug-likeness (QED) is 0.565. The van der Waals surface area contributed by atoms with Crippen LogP contribution in [0.1, 0.15) is 19.5 Å². The lowest BCUT2D eigenvalue weighted by Crippen LogP contribution is -1.90. The number of nitrogens with zero attached hydrogens (tertiary/aromatic N) is 3. The van der Waals surface area contributed by atoms with Crippen molar-refractivity contribution in [1.29, 1.82) is 0 Å². The van der Waals surface area contributed by atoms with E-state index in [0.29, 0.717) is 5.28 Å². The first-order valence-corrected chi connectivity index (χ1v) is 8.22. The summed E-state index contributed by atoms with van der Waals surface area (Å²) in [4.78, 5) is 8.24. The van der Waals surface area contributed by atoms with Crippen LogP contribution in [0.25, 0.3) is 11.0 Å². The van der Waals surface area contributed by atoms with E-state index in [1.54, 1.807) is 9.12 Å². The third-order valence-electron chi connectivity index (χ3n) is 1.75. The third-order valence-corrected chi connectivity index (χ3v) is 3.63. The maximum atomic E-state index is 5.76. The Morgan fingerprint density at radius 2 is 2.07 bits per heavy atom. The Morgan fingerprint density at radius 1 is 1.40 bits per heavy atom. The van der Waals surface area contributed by atoms with Crippen LogP contribution in [0.4, 0.5) is 0 Å². The minimum atomic E-state index is 0.301. The van der Waals surface area contributed by atoms with Crippen LogP contribution in [0.2, 0.25) is 5.28 Å². The molecule has 0 fully saturated rings. The number of rotatable bonds is 1. The van der Waals surface area contributed by atoms with Crippen molar-refractivity contribution < 1.29 is 0 Å². The zero-order chi connectivity index (χ0) is 11.4. The Labute approximate surface area is 110 Å². The molecule has 0 aliphatic heterocycles. The van der Waals surface area contributed by atoms with E-state index in [0.717, 1.165) is 16.7 Å². The smallest absolute Gasteiger partial charge is 0.224 e. The van der Waals surface area contributed by atoms with Crippen LogP contribution >= 0.6 is 41.9 Å². The first-order valence-electron chi connectivity index (χ1n) is 4.52. The lowest BCUT2D eigenvalue weighted by molar-refractivity contribution is 1.13. The fraction of sp³-hybridized carbons (Fsp3) is 0.333. The number of fused-ring (bicyclic) bond motifs is 1. The predicted molar refractivity (Wildman–Crippen MR) is 75.6 cm³/mol. The molecule has 2 heterocycles. The summed E-state index contributed by atoms with van der Waals surface area (Å²) < 4.78 is 1.95. The lowest BCUT2D eigenvalue weighted by Gasteiger charge is -1.98. The lowest BCUT2D eigenvalue weighted by atomic mass is 10.3. The first-order chi connectivity index (χ1) is 7.22. The van der Waals surface area contributed by atoms with Gasteiger partial charge in [-0.15, -0.1) is 0 Å². The Morgan fingerprint density at radius 3 is 2.67 bits per heavy atom. The molecule has 2 rings (SSSR count). The second-order valence-corrected chi connectivity index (χ2v) is 4.58. The molecular formula is C9H11ClIN3S. The van der Waals surface area contributed by atoms with Crippen molar-refractivity contribution in [2.45, 2.75) is 20.8 Å². The largest absolute Gasteiger partial charge is 0.266 e. The van der Waals surface area contributed by atoms with Crippen molar-refractivity contribution in [2.75, 3.05) is 0 Å². The molecule has 0 radical (unpaired) electrons. The monoisotopic (exact) mass is 355 g/mol. The SMILES string of the molecule is CC.Cc1nc(Cl)nc2c1ccn2SI. The van der Waals surface area contributed by atoms with Crippen LogP contribution in [0.3, 0.4) is 0 Å². The minimum absolute atomic E-state index is 0.301. The van der Waals surface area contributed by atoms with Gasteiger partial charge in [0.05, 0.1) is 5.69 Å². The molecule has 0 aliphatic carbocycles. The van der Waals surface area contributed by atoms with E-state index in [2.05, 4.69) is 31.2 Å². The van der Waals surface area contributed by atoms with Gasteiger partial charge in [0.1, 0.15) is 0 Å². The molecular weight excluding hydrogens is 345 g/mol. The van der Waals surface area contributed by atoms with Crippen molar-refractivity contribution >= 4 is 53.0 Å². The molecule has 0 spiro atoms. The topological polar surface area (TPSA) is 30.7 Å². The molecule has 0 saturated heterocycles. The summed E-state index contributed by atoms with van der Waals surface area (Å²) in [5.74, 6) is 0. The summed E-state index contributed by atoms with van der Waals surface area (Å²) in [5.41, 5.74) is 1.79. The Kier molecular flexibility index (Phi) is 5.14. The summed E-state index contributed by atoms with van der Waals surface area (Å²) in [6.07, 6.45) is 1.96. The average molecular weight is 356 g/mol. The van der Waals surface area contributed by atoms with E-state index in [-0.39, 0.29) is 0 Å². The zero-order valence-corrected chi connectivity index (χ0v) is 12.4. The van der Waals surface area contributed by atoms with Gasteiger partial charge in [-0.3, -0.25) is 3.97 Å². The number of halogens is 2. The highest BCUT2D eigenvalue weighted by Crippen LogP contribution is 2.25. The third kappa shape index (κ3) is 2.76. The Hall–Kier alpha value is -0.0100. The number of hydrogen-bond acceptors (Lipinski definition) is 3. The summed E-state index contributed by atoms with van der Waals surface area (Å²) in [6, 6.07) is 1.99. The molecule has 0 unspecified atom stereocenters. The van der Waals surface area contributed by atoms with Crippen molar-refractivity contribution in [2.24, 2.45) is 0 Å². The molecule has 0 aliphatic rings. The highest BCUT2D eigenvalue weighted by Gasteiger charge is 2.07. The van der Waals surface area contributed by atoms with Crippen LogP contribution in [0.15, 0.2) is 12.3 Å². The standard InChI is InChI=1S/C7H5ClIN3S.C2H6/c1-4-5-2-3-12(13-9)6(5)11-7(8)10-4;1-2/h2-3H,1H3;1-2H3. The van der Waals surface area contributed by atoms with Gasteiger partial charge >= 0.3 is 0 Å². The predicted octanol–water partition coefficient (Wildman–Crippen LogP) is 4.27. The molecule has 0 amide bonds. The summed E-state index contributed by atoms with van der Waals surface area (Å²) >= 11 is 7.96. The van der Waals surface area contributed by atoms with Crippen LogP contribution in [-0.2, 0) is 0 Å². The zero-order valence-electron chi connectivity index (χ0n) is 8.66. The molecule has 0 aromatic carbocycles. The fourth-order valence-electron chi connectivity index (χ4n) is 1.16. The van der Waals surface area contributed by atoms with Gasteiger partial charge in [-0.1, -0.05) is 13.8 Å². The van der Waals surface area contributed by atoms with E-state index in [4.69, 9.17) is 11.6 Å². The van der Waals surface area contributed by atoms with Gasteiger partial charge in [-0.25, -0.2) is 4.98 Å². The maximum absolute atomic E-state index is 5.76. The van der Waals surface area contributed by atoms with E-state index in [9.17, 15) is 0 Å². The maximum Gasteiger partial charge on any atom is 0.224 e. The van der Waals surface area contributed by atoms with E-state index in [1.165, 1.54) is 0 Å². The summed E-state index contributed by atoms with van der Waals surface area (Å²) in [7, 11) is 1.56. The molecule has 0 saturated carbocycles. The van der Waals surface area contributed by atoms with Crippen LogP contribution in [-0.4, -0.2) is 13.9 Å². The van der Waals surface area contributed by atoms with Gasteiger partial charge < -0.3 is 0 Å².